The zero-order valence-corrected chi connectivity index (χ0v) is 14.6. The summed E-state index contributed by atoms with van der Waals surface area (Å²) >= 11 is 0. The van der Waals surface area contributed by atoms with Crippen LogP contribution in [0.15, 0.2) is 48.8 Å². The largest absolute Gasteiger partial charge is 0.339 e. The Morgan fingerprint density at radius 2 is 1.92 bits per heavy atom. The van der Waals surface area contributed by atoms with Gasteiger partial charge in [-0.2, -0.15) is 5.10 Å². The Morgan fingerprint density at radius 3 is 2.72 bits per heavy atom. The Kier molecular flexibility index (Phi) is 4.83. The van der Waals surface area contributed by atoms with Crippen LogP contribution in [-0.4, -0.2) is 51.2 Å². The summed E-state index contributed by atoms with van der Waals surface area (Å²) < 4.78 is 2.01. The summed E-state index contributed by atoms with van der Waals surface area (Å²) in [5.74, 6) is 0.310. The molecule has 4 rings (SSSR count). The first kappa shape index (κ1) is 16.3. The molecule has 0 saturated carbocycles. The van der Waals surface area contributed by atoms with E-state index in [1.165, 1.54) is 5.56 Å². The predicted molar refractivity (Wildman–Crippen MR) is 97.0 cm³/mol. The van der Waals surface area contributed by atoms with Crippen molar-refractivity contribution >= 4 is 5.91 Å². The third kappa shape index (κ3) is 3.61. The zero-order chi connectivity index (χ0) is 17.1. The fraction of sp³-hybridized carbons (Fsp3) is 0.500. The highest BCUT2D eigenvalue weighted by molar-refractivity contribution is 5.82. The second kappa shape index (κ2) is 7.40. The van der Waals surface area contributed by atoms with E-state index in [1.807, 2.05) is 29.2 Å². The van der Waals surface area contributed by atoms with Gasteiger partial charge in [0.1, 0.15) is 0 Å². The number of likely N-dealkylation sites (tertiary alicyclic amines) is 2. The van der Waals surface area contributed by atoms with E-state index >= 15 is 0 Å². The molecule has 2 fully saturated rings. The topological polar surface area (TPSA) is 41.4 Å². The summed E-state index contributed by atoms with van der Waals surface area (Å²) in [4.78, 5) is 17.6. The third-order valence-electron chi connectivity index (χ3n) is 5.48. The molecule has 1 amide bonds. The highest BCUT2D eigenvalue weighted by Crippen LogP contribution is 2.26. The standard InChI is InChI=1S/C20H26N4O/c25-20(23-13-4-9-18(16-23)24-14-6-11-21-24)19-10-5-12-22(19)15-17-7-2-1-3-8-17/h1-3,6-8,11,14,18-19H,4-5,9-10,12-13,15-16H2/t18-,19+/m0/s1. The molecule has 2 saturated heterocycles. The lowest BCUT2D eigenvalue weighted by Gasteiger charge is -2.36. The number of carbonyl (C=O) groups is 1. The van der Waals surface area contributed by atoms with Crippen molar-refractivity contribution in [3.8, 4) is 0 Å². The molecule has 1 aromatic carbocycles. The summed E-state index contributed by atoms with van der Waals surface area (Å²) in [5.41, 5.74) is 1.29. The second-order valence-corrected chi connectivity index (χ2v) is 7.18. The number of nitrogens with zero attached hydrogens (tertiary/aromatic N) is 4. The van der Waals surface area contributed by atoms with E-state index in [1.54, 1.807) is 0 Å². The summed E-state index contributed by atoms with van der Waals surface area (Å²) in [5, 5.41) is 4.37. The van der Waals surface area contributed by atoms with Crippen LogP contribution in [-0.2, 0) is 11.3 Å². The monoisotopic (exact) mass is 338 g/mol. The van der Waals surface area contributed by atoms with Crippen LogP contribution in [0.4, 0.5) is 0 Å². The van der Waals surface area contributed by atoms with E-state index in [4.69, 9.17) is 0 Å². The van der Waals surface area contributed by atoms with Crippen LogP contribution in [0.3, 0.4) is 0 Å². The van der Waals surface area contributed by atoms with Crippen LogP contribution < -0.4 is 0 Å². The molecule has 25 heavy (non-hydrogen) atoms. The number of amides is 1. The average Bonchev–Trinajstić information content (AvgIpc) is 3.34. The average molecular weight is 338 g/mol. The Morgan fingerprint density at radius 1 is 1.08 bits per heavy atom. The molecule has 0 N–H and O–H groups in total. The van der Waals surface area contributed by atoms with Gasteiger partial charge in [0.2, 0.25) is 5.91 Å². The van der Waals surface area contributed by atoms with Crippen LogP contribution >= 0.6 is 0 Å². The maximum atomic E-state index is 13.2. The molecule has 0 radical (unpaired) electrons. The molecular weight excluding hydrogens is 312 g/mol. The lowest BCUT2D eigenvalue weighted by molar-refractivity contribution is -0.137. The molecule has 5 nitrogen and oxygen atoms in total. The van der Waals surface area contributed by atoms with Gasteiger partial charge in [-0.1, -0.05) is 30.3 Å². The van der Waals surface area contributed by atoms with E-state index in [9.17, 15) is 4.79 Å². The van der Waals surface area contributed by atoms with Gasteiger partial charge in [-0.15, -0.1) is 0 Å². The van der Waals surface area contributed by atoms with Crippen LogP contribution in [0.25, 0.3) is 0 Å². The van der Waals surface area contributed by atoms with Crippen LogP contribution in [0.2, 0.25) is 0 Å². The molecular formula is C20H26N4O. The number of carbonyl (C=O) groups excluding carboxylic acids is 1. The lowest BCUT2D eigenvalue weighted by atomic mass is 10.0. The van der Waals surface area contributed by atoms with Crippen molar-refractivity contribution in [3.63, 3.8) is 0 Å². The minimum atomic E-state index is 0.0385. The first-order valence-electron chi connectivity index (χ1n) is 9.37. The molecule has 5 heteroatoms. The van der Waals surface area contributed by atoms with Crippen molar-refractivity contribution in [2.45, 2.75) is 44.3 Å². The number of hydrogen-bond acceptors (Lipinski definition) is 3. The Labute approximate surface area is 149 Å². The van der Waals surface area contributed by atoms with Crippen molar-refractivity contribution in [2.24, 2.45) is 0 Å². The smallest absolute Gasteiger partial charge is 0.240 e. The fourth-order valence-electron chi connectivity index (χ4n) is 4.19. The molecule has 0 bridgehead atoms. The molecule has 2 atom stereocenters. The summed E-state index contributed by atoms with van der Waals surface area (Å²) in [6.07, 6.45) is 8.08. The summed E-state index contributed by atoms with van der Waals surface area (Å²) in [6.45, 7) is 3.55. The molecule has 3 heterocycles. The van der Waals surface area contributed by atoms with Crippen molar-refractivity contribution in [2.75, 3.05) is 19.6 Å². The number of hydrogen-bond donors (Lipinski definition) is 0. The third-order valence-corrected chi connectivity index (χ3v) is 5.48. The number of rotatable bonds is 4. The van der Waals surface area contributed by atoms with E-state index in [0.717, 1.165) is 51.9 Å². The van der Waals surface area contributed by atoms with Crippen molar-refractivity contribution in [3.05, 3.63) is 54.4 Å². The predicted octanol–water partition coefficient (Wildman–Crippen LogP) is 2.71. The van der Waals surface area contributed by atoms with E-state index in [0.29, 0.717) is 11.9 Å². The van der Waals surface area contributed by atoms with Gasteiger partial charge in [-0.25, -0.2) is 0 Å². The van der Waals surface area contributed by atoms with Crippen LogP contribution in [0.5, 0.6) is 0 Å². The summed E-state index contributed by atoms with van der Waals surface area (Å²) in [6, 6.07) is 12.8. The lowest BCUT2D eigenvalue weighted by Crippen LogP contribution is -2.49. The van der Waals surface area contributed by atoms with Crippen molar-refractivity contribution < 1.29 is 4.79 Å². The van der Waals surface area contributed by atoms with Gasteiger partial charge in [0, 0.05) is 32.0 Å². The Balaban J connectivity index is 1.42. The van der Waals surface area contributed by atoms with E-state index in [2.05, 4.69) is 39.2 Å². The molecule has 2 aromatic rings. The first-order chi connectivity index (χ1) is 12.3. The number of benzene rings is 1. The van der Waals surface area contributed by atoms with Gasteiger partial charge in [0.25, 0.3) is 0 Å². The number of piperidine rings is 1. The van der Waals surface area contributed by atoms with Crippen molar-refractivity contribution in [1.82, 2.24) is 19.6 Å². The molecule has 132 valence electrons. The summed E-state index contributed by atoms with van der Waals surface area (Å²) in [7, 11) is 0. The highest BCUT2D eigenvalue weighted by atomic mass is 16.2. The van der Waals surface area contributed by atoms with Gasteiger partial charge >= 0.3 is 0 Å². The molecule has 1 aromatic heterocycles. The van der Waals surface area contributed by atoms with E-state index in [-0.39, 0.29) is 6.04 Å². The van der Waals surface area contributed by atoms with Crippen LogP contribution in [0.1, 0.15) is 37.3 Å². The highest BCUT2D eigenvalue weighted by Gasteiger charge is 2.35. The normalized spacial score (nSPS) is 24.6. The fourth-order valence-corrected chi connectivity index (χ4v) is 4.19. The van der Waals surface area contributed by atoms with Gasteiger partial charge in [-0.3, -0.25) is 14.4 Å². The van der Waals surface area contributed by atoms with Crippen molar-refractivity contribution in [1.29, 1.82) is 0 Å². The SMILES string of the molecule is O=C([C@H]1CCCN1Cc1ccccc1)N1CCC[C@H](n2cccn2)C1. The number of aromatic nitrogens is 2. The molecule has 2 aliphatic rings. The van der Waals surface area contributed by atoms with Gasteiger partial charge in [0.15, 0.2) is 0 Å². The molecule has 0 unspecified atom stereocenters. The Bertz CT molecular complexity index is 685. The second-order valence-electron chi connectivity index (χ2n) is 7.18. The molecule has 2 aliphatic heterocycles. The van der Waals surface area contributed by atoms with Gasteiger partial charge < -0.3 is 4.90 Å². The minimum absolute atomic E-state index is 0.0385. The Hall–Kier alpha value is -2.14. The van der Waals surface area contributed by atoms with Crippen LogP contribution in [0, 0.1) is 0 Å². The first-order valence-corrected chi connectivity index (χ1v) is 9.37. The van der Waals surface area contributed by atoms with Gasteiger partial charge in [0.05, 0.1) is 12.1 Å². The minimum Gasteiger partial charge on any atom is -0.339 e. The zero-order valence-electron chi connectivity index (χ0n) is 14.6. The van der Waals surface area contributed by atoms with E-state index < -0.39 is 0 Å². The maximum Gasteiger partial charge on any atom is 0.240 e. The molecule has 0 aliphatic carbocycles. The van der Waals surface area contributed by atoms with Gasteiger partial charge in [-0.05, 0) is 43.9 Å². The maximum absolute atomic E-state index is 13.2. The molecule has 0 spiro atoms. The quantitative estimate of drug-likeness (QED) is 0.861.